The van der Waals surface area contributed by atoms with Crippen LogP contribution in [0.2, 0.25) is 0 Å². The van der Waals surface area contributed by atoms with Gasteiger partial charge in [-0.3, -0.25) is 10.1 Å². The van der Waals surface area contributed by atoms with Crippen molar-refractivity contribution in [3.8, 4) is 0 Å². The highest BCUT2D eigenvalue weighted by molar-refractivity contribution is 5.81. The van der Waals surface area contributed by atoms with E-state index in [0.717, 1.165) is 5.56 Å². The van der Waals surface area contributed by atoms with Gasteiger partial charge in [0.1, 0.15) is 11.6 Å². The van der Waals surface area contributed by atoms with Gasteiger partial charge in [0.05, 0.1) is 6.04 Å². The third-order valence-electron chi connectivity index (χ3n) is 2.40. The zero-order valence-electron chi connectivity index (χ0n) is 9.86. The molecular weight excluding hydrogens is 202 g/mol. The third kappa shape index (κ3) is 2.61. The third-order valence-corrected chi connectivity index (χ3v) is 2.40. The molecule has 3 nitrogen and oxygen atoms in total. The highest BCUT2D eigenvalue weighted by Crippen LogP contribution is 2.31. The van der Waals surface area contributed by atoms with Crippen molar-refractivity contribution in [3.05, 3.63) is 35.9 Å². The van der Waals surface area contributed by atoms with Crippen LogP contribution in [0.15, 0.2) is 30.3 Å². The molecule has 16 heavy (non-hydrogen) atoms. The maximum Gasteiger partial charge on any atom is 0.325 e. The van der Waals surface area contributed by atoms with E-state index in [2.05, 4.69) is 5.32 Å². The Morgan fingerprint density at radius 3 is 2.44 bits per heavy atom. The predicted octanol–water partition coefficient (Wildman–Crippen LogP) is 2.04. The second-order valence-electron chi connectivity index (χ2n) is 5.07. The second kappa shape index (κ2) is 3.91. The molecule has 1 fully saturated rings. The van der Waals surface area contributed by atoms with Crippen molar-refractivity contribution in [3.63, 3.8) is 0 Å². The van der Waals surface area contributed by atoms with Gasteiger partial charge in [-0.05, 0) is 26.3 Å². The van der Waals surface area contributed by atoms with Gasteiger partial charge < -0.3 is 4.74 Å². The zero-order chi connectivity index (χ0) is 11.8. The Morgan fingerprint density at radius 1 is 1.25 bits per heavy atom. The first-order valence-corrected chi connectivity index (χ1v) is 5.51. The SMILES string of the molecule is CC(C)(C)OC(=O)[C@@H]1N[C@@H]1c1ccccc1. The van der Waals surface area contributed by atoms with Gasteiger partial charge in [0.2, 0.25) is 0 Å². The van der Waals surface area contributed by atoms with Crippen LogP contribution in [0, 0.1) is 0 Å². The number of rotatable bonds is 2. The van der Waals surface area contributed by atoms with Gasteiger partial charge in [-0.1, -0.05) is 30.3 Å². The smallest absolute Gasteiger partial charge is 0.325 e. The lowest BCUT2D eigenvalue weighted by atomic mass is 10.1. The maximum atomic E-state index is 11.7. The molecule has 0 saturated carbocycles. The van der Waals surface area contributed by atoms with Crippen molar-refractivity contribution in [2.45, 2.75) is 38.5 Å². The minimum atomic E-state index is -0.414. The molecule has 0 aromatic heterocycles. The molecule has 0 aliphatic carbocycles. The molecule has 0 spiro atoms. The summed E-state index contributed by atoms with van der Waals surface area (Å²) < 4.78 is 5.31. The van der Waals surface area contributed by atoms with E-state index in [1.807, 2.05) is 51.1 Å². The van der Waals surface area contributed by atoms with Crippen LogP contribution in [0.5, 0.6) is 0 Å². The van der Waals surface area contributed by atoms with Crippen molar-refractivity contribution in [2.24, 2.45) is 0 Å². The van der Waals surface area contributed by atoms with E-state index in [1.165, 1.54) is 0 Å². The number of hydrogen-bond acceptors (Lipinski definition) is 3. The summed E-state index contributed by atoms with van der Waals surface area (Å²) in [6.45, 7) is 5.64. The van der Waals surface area contributed by atoms with Crippen molar-refractivity contribution in [1.29, 1.82) is 0 Å². The van der Waals surface area contributed by atoms with E-state index in [4.69, 9.17) is 4.74 Å². The largest absolute Gasteiger partial charge is 0.459 e. The molecule has 2 rings (SSSR count). The highest BCUT2D eigenvalue weighted by Gasteiger charge is 2.45. The number of hydrogen-bond donors (Lipinski definition) is 1. The van der Waals surface area contributed by atoms with Crippen LogP contribution in [0.3, 0.4) is 0 Å². The Kier molecular flexibility index (Phi) is 2.72. The first kappa shape index (κ1) is 11.1. The number of benzene rings is 1. The molecule has 1 N–H and O–H groups in total. The molecule has 1 heterocycles. The van der Waals surface area contributed by atoms with Crippen molar-refractivity contribution >= 4 is 5.97 Å². The number of ether oxygens (including phenoxy) is 1. The van der Waals surface area contributed by atoms with E-state index < -0.39 is 5.60 Å². The summed E-state index contributed by atoms with van der Waals surface area (Å²) in [5, 5.41) is 3.13. The molecule has 1 aliphatic rings. The number of esters is 1. The Morgan fingerprint density at radius 2 is 1.88 bits per heavy atom. The van der Waals surface area contributed by atoms with Gasteiger partial charge in [0.25, 0.3) is 0 Å². The van der Waals surface area contributed by atoms with E-state index in [-0.39, 0.29) is 18.1 Å². The van der Waals surface area contributed by atoms with Gasteiger partial charge in [-0.25, -0.2) is 0 Å². The van der Waals surface area contributed by atoms with Crippen LogP contribution in [0.1, 0.15) is 32.4 Å². The average molecular weight is 219 g/mol. The molecule has 2 atom stereocenters. The van der Waals surface area contributed by atoms with Gasteiger partial charge in [0.15, 0.2) is 0 Å². The molecule has 1 aromatic carbocycles. The van der Waals surface area contributed by atoms with Crippen molar-refractivity contribution in [2.75, 3.05) is 0 Å². The minimum Gasteiger partial charge on any atom is -0.459 e. The fourth-order valence-corrected chi connectivity index (χ4v) is 1.66. The first-order chi connectivity index (χ1) is 7.47. The Hall–Kier alpha value is -1.35. The lowest BCUT2D eigenvalue weighted by Crippen LogP contribution is -2.27. The van der Waals surface area contributed by atoms with Gasteiger partial charge >= 0.3 is 5.97 Å². The quantitative estimate of drug-likeness (QED) is 0.611. The fraction of sp³-hybridized carbons (Fsp3) is 0.462. The summed E-state index contributed by atoms with van der Waals surface area (Å²) >= 11 is 0. The van der Waals surface area contributed by atoms with Crippen LogP contribution in [0.25, 0.3) is 0 Å². The predicted molar refractivity (Wildman–Crippen MR) is 62.0 cm³/mol. The lowest BCUT2D eigenvalue weighted by Gasteiger charge is -2.19. The molecule has 0 radical (unpaired) electrons. The minimum absolute atomic E-state index is 0.121. The average Bonchev–Trinajstić information content (AvgIpc) is 2.96. The Balaban J connectivity index is 1.95. The molecule has 0 unspecified atom stereocenters. The molecule has 1 saturated heterocycles. The number of carbonyl (C=O) groups is 1. The summed E-state index contributed by atoms with van der Waals surface area (Å²) in [6, 6.07) is 9.89. The fourth-order valence-electron chi connectivity index (χ4n) is 1.66. The Labute approximate surface area is 95.8 Å². The summed E-state index contributed by atoms with van der Waals surface area (Å²) in [4.78, 5) is 11.7. The van der Waals surface area contributed by atoms with Crippen molar-refractivity contribution < 1.29 is 9.53 Å². The Bertz CT molecular complexity index is 381. The number of nitrogens with one attached hydrogen (secondary N) is 1. The molecule has 1 aliphatic heterocycles. The monoisotopic (exact) mass is 219 g/mol. The maximum absolute atomic E-state index is 11.7. The molecule has 86 valence electrons. The summed E-state index contributed by atoms with van der Waals surface area (Å²) in [6.07, 6.45) is 0. The van der Waals surface area contributed by atoms with E-state index in [1.54, 1.807) is 0 Å². The lowest BCUT2D eigenvalue weighted by molar-refractivity contribution is -0.154. The highest BCUT2D eigenvalue weighted by atomic mass is 16.6. The second-order valence-corrected chi connectivity index (χ2v) is 5.07. The van der Waals surface area contributed by atoms with Crippen LogP contribution in [-0.4, -0.2) is 17.6 Å². The van der Waals surface area contributed by atoms with Crippen LogP contribution in [0.4, 0.5) is 0 Å². The van der Waals surface area contributed by atoms with Crippen LogP contribution >= 0.6 is 0 Å². The van der Waals surface area contributed by atoms with Gasteiger partial charge in [-0.2, -0.15) is 0 Å². The van der Waals surface area contributed by atoms with Crippen LogP contribution < -0.4 is 5.32 Å². The van der Waals surface area contributed by atoms with E-state index in [0.29, 0.717) is 0 Å². The number of carbonyl (C=O) groups excluding carboxylic acids is 1. The zero-order valence-corrected chi connectivity index (χ0v) is 9.86. The molecule has 0 bridgehead atoms. The topological polar surface area (TPSA) is 48.2 Å². The molecule has 3 heteroatoms. The summed E-state index contributed by atoms with van der Waals surface area (Å²) in [5.74, 6) is -0.165. The summed E-state index contributed by atoms with van der Waals surface area (Å²) in [7, 11) is 0. The van der Waals surface area contributed by atoms with Gasteiger partial charge in [0, 0.05) is 0 Å². The van der Waals surface area contributed by atoms with E-state index >= 15 is 0 Å². The van der Waals surface area contributed by atoms with Crippen molar-refractivity contribution in [1.82, 2.24) is 5.32 Å². The normalized spacial score (nSPS) is 23.9. The van der Waals surface area contributed by atoms with E-state index in [9.17, 15) is 4.79 Å². The van der Waals surface area contributed by atoms with Gasteiger partial charge in [-0.15, -0.1) is 0 Å². The molecule has 0 amide bonds. The molecule has 1 aromatic rings. The summed E-state index contributed by atoms with van der Waals surface area (Å²) in [5.41, 5.74) is 0.723. The van der Waals surface area contributed by atoms with Crippen LogP contribution in [-0.2, 0) is 9.53 Å². The first-order valence-electron chi connectivity index (χ1n) is 5.51. The molecular formula is C13H17NO2. The standard InChI is InChI=1S/C13H17NO2/c1-13(2,3)16-12(15)11-10(14-11)9-7-5-4-6-8-9/h4-8,10-11,14H,1-3H3/t10-,11-/m1/s1.